The molecule has 0 spiro atoms. The van der Waals surface area contributed by atoms with Crippen molar-refractivity contribution in [1.82, 2.24) is 0 Å². The Hall–Kier alpha value is -1.71. The van der Waals surface area contributed by atoms with Crippen LogP contribution in [0.25, 0.3) is 6.08 Å². The van der Waals surface area contributed by atoms with E-state index in [0.29, 0.717) is 5.02 Å². The first-order valence-corrected chi connectivity index (χ1v) is 7.66. The fraction of sp³-hybridized carbons (Fsp3) is 0.0625. The minimum atomic E-state index is -0.154. The van der Waals surface area contributed by atoms with Crippen molar-refractivity contribution < 1.29 is 4.79 Å². The molecule has 0 bridgehead atoms. The van der Waals surface area contributed by atoms with Crippen LogP contribution >= 0.6 is 23.4 Å². The second-order valence-electron chi connectivity index (χ2n) is 4.11. The highest BCUT2D eigenvalue weighted by Crippen LogP contribution is 2.19. The molecular formula is C16H14ClNOS. The first-order valence-electron chi connectivity index (χ1n) is 6.06. The lowest BCUT2D eigenvalue weighted by atomic mass is 10.2. The molecule has 0 atom stereocenters. The topological polar surface area (TPSA) is 29.1 Å². The average molecular weight is 304 g/mol. The van der Waals surface area contributed by atoms with E-state index in [1.54, 1.807) is 30.0 Å². The zero-order valence-electron chi connectivity index (χ0n) is 11.0. The monoisotopic (exact) mass is 303 g/mol. The minimum Gasteiger partial charge on any atom is -0.322 e. The molecule has 0 aliphatic carbocycles. The number of hydrogen-bond donors (Lipinski definition) is 1. The van der Waals surface area contributed by atoms with E-state index < -0.39 is 0 Å². The second kappa shape index (κ2) is 7.17. The van der Waals surface area contributed by atoms with Crippen molar-refractivity contribution in [1.29, 1.82) is 0 Å². The van der Waals surface area contributed by atoms with Gasteiger partial charge in [-0.05, 0) is 48.2 Å². The SMILES string of the molecule is CSc1cccc(NC(=O)/C=C/c2ccc(Cl)cc2)c1. The van der Waals surface area contributed by atoms with Crippen molar-refractivity contribution in [2.45, 2.75) is 4.90 Å². The van der Waals surface area contributed by atoms with Crippen molar-refractivity contribution >= 4 is 41.0 Å². The van der Waals surface area contributed by atoms with Crippen molar-refractivity contribution in [3.05, 3.63) is 65.2 Å². The number of carbonyl (C=O) groups is 1. The molecule has 4 heteroatoms. The molecule has 2 aromatic rings. The van der Waals surface area contributed by atoms with Gasteiger partial charge in [0.2, 0.25) is 5.91 Å². The number of nitrogens with one attached hydrogen (secondary N) is 1. The summed E-state index contributed by atoms with van der Waals surface area (Å²) in [5.41, 5.74) is 1.73. The largest absolute Gasteiger partial charge is 0.322 e. The lowest BCUT2D eigenvalue weighted by molar-refractivity contribution is -0.111. The number of halogens is 1. The third-order valence-electron chi connectivity index (χ3n) is 2.63. The van der Waals surface area contributed by atoms with Crippen LogP contribution in [0, 0.1) is 0 Å². The number of amides is 1. The summed E-state index contributed by atoms with van der Waals surface area (Å²) in [5.74, 6) is -0.154. The first-order chi connectivity index (χ1) is 9.67. The molecular weight excluding hydrogens is 290 g/mol. The lowest BCUT2D eigenvalue weighted by Crippen LogP contribution is -2.07. The second-order valence-corrected chi connectivity index (χ2v) is 5.42. The number of thioether (sulfide) groups is 1. The molecule has 0 fully saturated rings. The zero-order chi connectivity index (χ0) is 14.4. The molecule has 0 unspecified atom stereocenters. The van der Waals surface area contributed by atoms with E-state index in [1.165, 1.54) is 6.08 Å². The third-order valence-corrected chi connectivity index (χ3v) is 3.61. The highest BCUT2D eigenvalue weighted by molar-refractivity contribution is 7.98. The van der Waals surface area contributed by atoms with Gasteiger partial charge in [-0.25, -0.2) is 0 Å². The van der Waals surface area contributed by atoms with Crippen LogP contribution in [0.2, 0.25) is 5.02 Å². The van der Waals surface area contributed by atoms with Gasteiger partial charge >= 0.3 is 0 Å². The molecule has 0 aromatic heterocycles. The molecule has 0 saturated heterocycles. The van der Waals surface area contributed by atoms with Crippen molar-refractivity contribution in [2.75, 3.05) is 11.6 Å². The Morgan fingerprint density at radius 1 is 1.20 bits per heavy atom. The lowest BCUT2D eigenvalue weighted by Gasteiger charge is -2.03. The molecule has 1 amide bonds. The van der Waals surface area contributed by atoms with Gasteiger partial charge < -0.3 is 5.32 Å². The number of carbonyl (C=O) groups excluding carboxylic acids is 1. The van der Waals surface area contributed by atoms with Crippen LogP contribution in [0.1, 0.15) is 5.56 Å². The highest BCUT2D eigenvalue weighted by Gasteiger charge is 1.99. The Morgan fingerprint density at radius 2 is 1.95 bits per heavy atom. The van der Waals surface area contributed by atoms with Gasteiger partial charge in [0, 0.05) is 21.7 Å². The van der Waals surface area contributed by atoms with Gasteiger partial charge in [0.25, 0.3) is 0 Å². The summed E-state index contributed by atoms with van der Waals surface area (Å²) < 4.78 is 0. The van der Waals surface area contributed by atoms with Crippen molar-refractivity contribution in [2.24, 2.45) is 0 Å². The predicted octanol–water partition coefficient (Wildman–Crippen LogP) is 4.71. The minimum absolute atomic E-state index is 0.154. The van der Waals surface area contributed by atoms with E-state index in [9.17, 15) is 4.79 Å². The smallest absolute Gasteiger partial charge is 0.248 e. The maximum Gasteiger partial charge on any atom is 0.248 e. The molecule has 0 aliphatic heterocycles. The van der Waals surface area contributed by atoms with Crippen molar-refractivity contribution in [3.8, 4) is 0 Å². The molecule has 102 valence electrons. The first kappa shape index (κ1) is 14.7. The Kier molecular flexibility index (Phi) is 5.27. The quantitative estimate of drug-likeness (QED) is 0.654. The van der Waals surface area contributed by atoms with Gasteiger partial charge in [0.1, 0.15) is 0 Å². The summed E-state index contributed by atoms with van der Waals surface area (Å²) in [6.45, 7) is 0. The van der Waals surface area contributed by atoms with Crippen LogP contribution < -0.4 is 5.32 Å². The van der Waals surface area contributed by atoms with Crippen LogP contribution in [0.5, 0.6) is 0 Å². The Morgan fingerprint density at radius 3 is 2.65 bits per heavy atom. The number of rotatable bonds is 4. The van der Waals surface area contributed by atoms with Crippen LogP contribution in [-0.2, 0) is 4.79 Å². The summed E-state index contributed by atoms with van der Waals surface area (Å²) in [6.07, 6.45) is 5.26. The van der Waals surface area contributed by atoms with Gasteiger partial charge in [-0.15, -0.1) is 11.8 Å². The maximum atomic E-state index is 11.8. The number of benzene rings is 2. The van der Waals surface area contributed by atoms with E-state index >= 15 is 0 Å². The maximum absolute atomic E-state index is 11.8. The van der Waals surface area contributed by atoms with Gasteiger partial charge in [-0.2, -0.15) is 0 Å². The molecule has 2 rings (SSSR count). The van der Waals surface area contributed by atoms with Crippen LogP contribution in [0.4, 0.5) is 5.69 Å². The molecule has 20 heavy (non-hydrogen) atoms. The summed E-state index contributed by atoms with van der Waals surface area (Å²) in [5, 5.41) is 3.51. The van der Waals surface area contributed by atoms with E-state index in [-0.39, 0.29) is 5.91 Å². The third kappa shape index (κ3) is 4.44. The van der Waals surface area contributed by atoms with Gasteiger partial charge in [0.15, 0.2) is 0 Å². The Bertz CT molecular complexity index is 623. The zero-order valence-corrected chi connectivity index (χ0v) is 12.5. The molecule has 0 radical (unpaired) electrons. The molecule has 0 saturated carbocycles. The van der Waals surface area contributed by atoms with Crippen LogP contribution in [0.15, 0.2) is 59.5 Å². The molecule has 2 aromatic carbocycles. The van der Waals surface area contributed by atoms with Gasteiger partial charge in [-0.1, -0.05) is 29.8 Å². The van der Waals surface area contributed by atoms with E-state index in [1.807, 2.05) is 42.7 Å². The van der Waals surface area contributed by atoms with Gasteiger partial charge in [0.05, 0.1) is 0 Å². The van der Waals surface area contributed by atoms with E-state index in [4.69, 9.17) is 11.6 Å². The Labute approximate surface area is 127 Å². The highest BCUT2D eigenvalue weighted by atomic mass is 35.5. The molecule has 0 heterocycles. The van der Waals surface area contributed by atoms with Crippen LogP contribution in [0.3, 0.4) is 0 Å². The summed E-state index contributed by atoms with van der Waals surface area (Å²) in [4.78, 5) is 12.9. The van der Waals surface area contributed by atoms with Crippen molar-refractivity contribution in [3.63, 3.8) is 0 Å². The normalized spacial score (nSPS) is 10.7. The predicted molar refractivity (Wildman–Crippen MR) is 87.3 cm³/mol. The standard InChI is InChI=1S/C16H14ClNOS/c1-20-15-4-2-3-14(11-15)18-16(19)10-7-12-5-8-13(17)9-6-12/h2-11H,1H3,(H,18,19)/b10-7+. The fourth-order valence-electron chi connectivity index (χ4n) is 1.63. The summed E-state index contributed by atoms with van der Waals surface area (Å²) in [6, 6.07) is 15.0. The number of anilines is 1. The number of hydrogen-bond acceptors (Lipinski definition) is 2. The van der Waals surface area contributed by atoms with E-state index in [0.717, 1.165) is 16.1 Å². The molecule has 0 aliphatic rings. The fourth-order valence-corrected chi connectivity index (χ4v) is 2.22. The van der Waals surface area contributed by atoms with Gasteiger partial charge in [-0.3, -0.25) is 4.79 Å². The average Bonchev–Trinajstić information content (AvgIpc) is 2.47. The molecule has 2 nitrogen and oxygen atoms in total. The molecule has 1 N–H and O–H groups in total. The van der Waals surface area contributed by atoms with E-state index in [2.05, 4.69) is 5.32 Å². The summed E-state index contributed by atoms with van der Waals surface area (Å²) in [7, 11) is 0. The Balaban J connectivity index is 1.99. The van der Waals surface area contributed by atoms with Crippen LogP contribution in [-0.4, -0.2) is 12.2 Å². The summed E-state index contributed by atoms with van der Waals surface area (Å²) >= 11 is 7.44.